The van der Waals surface area contributed by atoms with E-state index in [1.807, 2.05) is 6.92 Å². The van der Waals surface area contributed by atoms with E-state index in [1.54, 1.807) is 24.3 Å². The number of nitrogens with zero attached hydrogens (tertiary/aromatic N) is 4. The second-order valence-corrected chi connectivity index (χ2v) is 6.68. The number of carbonyl (C=O) groups excluding carboxylic acids is 3. The van der Waals surface area contributed by atoms with Crippen molar-refractivity contribution in [2.45, 2.75) is 13.5 Å². The van der Waals surface area contributed by atoms with E-state index in [-0.39, 0.29) is 41.0 Å². The minimum Gasteiger partial charge on any atom is -0.494 e. The average Bonchev–Trinajstić information content (AvgIpc) is 3.02. The largest absolute Gasteiger partial charge is 0.494 e. The Bertz CT molecular complexity index is 1210. The number of fused-ring (bicyclic) bond motifs is 1. The number of esters is 1. The highest BCUT2D eigenvalue weighted by Gasteiger charge is 2.37. The normalized spacial score (nSPS) is 12.6. The summed E-state index contributed by atoms with van der Waals surface area (Å²) in [6.45, 7) is 2.06. The van der Waals surface area contributed by atoms with Gasteiger partial charge in [-0.05, 0) is 49.4 Å². The number of nitrogen functional groups attached to an aromatic ring is 2. The van der Waals surface area contributed by atoms with Crippen LogP contribution in [-0.4, -0.2) is 39.3 Å². The summed E-state index contributed by atoms with van der Waals surface area (Å²) in [5.41, 5.74) is 11.8. The maximum Gasteiger partial charge on any atom is 0.338 e. The van der Waals surface area contributed by atoms with E-state index in [2.05, 4.69) is 15.0 Å². The lowest BCUT2D eigenvalue weighted by Gasteiger charge is -2.14. The third-order valence-electron chi connectivity index (χ3n) is 4.58. The van der Waals surface area contributed by atoms with Crippen LogP contribution in [0.1, 0.15) is 43.8 Å². The maximum absolute atomic E-state index is 12.9. The molecule has 2 aromatic carbocycles. The fourth-order valence-electron chi connectivity index (χ4n) is 3.20. The van der Waals surface area contributed by atoms with E-state index in [0.29, 0.717) is 18.0 Å². The number of benzene rings is 2. The zero-order valence-corrected chi connectivity index (χ0v) is 16.9. The predicted octanol–water partition coefficient (Wildman–Crippen LogP) is 1.59. The van der Waals surface area contributed by atoms with Gasteiger partial charge in [0, 0.05) is 0 Å². The van der Waals surface area contributed by atoms with E-state index in [9.17, 15) is 14.4 Å². The summed E-state index contributed by atoms with van der Waals surface area (Å²) in [5.74, 6) is -1.24. The number of hydrogen-bond donors (Lipinski definition) is 2. The van der Waals surface area contributed by atoms with Gasteiger partial charge in [-0.2, -0.15) is 15.0 Å². The summed E-state index contributed by atoms with van der Waals surface area (Å²) in [4.78, 5) is 50.5. The fourth-order valence-corrected chi connectivity index (χ4v) is 3.20. The summed E-state index contributed by atoms with van der Waals surface area (Å²) in [7, 11) is 0. The van der Waals surface area contributed by atoms with Crippen molar-refractivity contribution in [1.29, 1.82) is 0 Å². The molecule has 0 radical (unpaired) electrons. The van der Waals surface area contributed by atoms with Crippen molar-refractivity contribution in [1.82, 2.24) is 15.0 Å². The Labute approximate surface area is 182 Å². The molecule has 0 fully saturated rings. The maximum atomic E-state index is 12.9. The lowest BCUT2D eigenvalue weighted by Crippen LogP contribution is -2.29. The monoisotopic (exact) mass is 434 g/mol. The van der Waals surface area contributed by atoms with Gasteiger partial charge in [0.2, 0.25) is 11.9 Å². The summed E-state index contributed by atoms with van der Waals surface area (Å²) >= 11 is 0. The molecule has 11 heteroatoms. The molecular formula is C21H18N6O5. The summed E-state index contributed by atoms with van der Waals surface area (Å²) in [6.07, 6.45) is 0. The SMILES string of the molecule is CCOc1ccc(N2C(=O)c3ccc(C(=O)OCc4nc(N)nc(N)n4)cc3C2=O)cc1. The molecule has 0 saturated heterocycles. The molecule has 32 heavy (non-hydrogen) atoms. The molecule has 11 nitrogen and oxygen atoms in total. The molecule has 0 saturated carbocycles. The van der Waals surface area contributed by atoms with Gasteiger partial charge in [0.25, 0.3) is 11.8 Å². The molecule has 0 bridgehead atoms. The van der Waals surface area contributed by atoms with Gasteiger partial charge in [0.1, 0.15) is 5.75 Å². The highest BCUT2D eigenvalue weighted by atomic mass is 16.5. The zero-order chi connectivity index (χ0) is 22.8. The van der Waals surface area contributed by atoms with Crippen LogP contribution in [0.4, 0.5) is 17.6 Å². The first kappa shape index (κ1) is 20.7. The van der Waals surface area contributed by atoms with Crippen LogP contribution in [0.15, 0.2) is 42.5 Å². The Morgan fingerprint density at radius 3 is 2.25 bits per heavy atom. The van der Waals surface area contributed by atoms with E-state index in [0.717, 1.165) is 4.90 Å². The van der Waals surface area contributed by atoms with E-state index < -0.39 is 17.8 Å². The first-order valence-corrected chi connectivity index (χ1v) is 9.56. The first-order chi connectivity index (χ1) is 15.4. The molecule has 2 heterocycles. The van der Waals surface area contributed by atoms with Crippen molar-refractivity contribution in [3.8, 4) is 5.75 Å². The summed E-state index contributed by atoms with van der Waals surface area (Å²) in [5, 5.41) is 0. The molecule has 4 N–H and O–H groups in total. The molecule has 0 aliphatic carbocycles. The molecule has 1 aliphatic heterocycles. The highest BCUT2D eigenvalue weighted by Crippen LogP contribution is 2.30. The van der Waals surface area contributed by atoms with Crippen LogP contribution in [0.3, 0.4) is 0 Å². The standard InChI is InChI=1S/C21H18N6O5/c1-2-31-13-6-4-12(5-7-13)27-17(28)14-8-3-11(9-15(14)18(27)29)19(30)32-10-16-24-20(22)26-21(23)25-16/h3-9H,2,10H2,1H3,(H4,22,23,24,25,26). The summed E-state index contributed by atoms with van der Waals surface area (Å²) < 4.78 is 10.6. The zero-order valence-electron chi connectivity index (χ0n) is 16.9. The minimum absolute atomic E-state index is 0.0810. The van der Waals surface area contributed by atoms with E-state index >= 15 is 0 Å². The Hall–Kier alpha value is -4.54. The van der Waals surface area contributed by atoms with Crippen LogP contribution in [0, 0.1) is 0 Å². The molecular weight excluding hydrogens is 416 g/mol. The number of imide groups is 1. The number of ether oxygens (including phenoxy) is 2. The Morgan fingerprint density at radius 2 is 1.59 bits per heavy atom. The molecule has 4 rings (SSSR count). The molecule has 0 unspecified atom stereocenters. The Kier molecular flexibility index (Phi) is 5.37. The number of aromatic nitrogens is 3. The number of nitrogens with two attached hydrogens (primary N) is 2. The van der Waals surface area contributed by atoms with Crippen LogP contribution in [0.25, 0.3) is 0 Å². The van der Waals surface area contributed by atoms with Crippen molar-refractivity contribution in [2.75, 3.05) is 23.0 Å². The second-order valence-electron chi connectivity index (χ2n) is 6.68. The topological polar surface area (TPSA) is 164 Å². The predicted molar refractivity (Wildman–Crippen MR) is 113 cm³/mol. The molecule has 0 atom stereocenters. The van der Waals surface area contributed by atoms with Crippen LogP contribution in [0.2, 0.25) is 0 Å². The quantitative estimate of drug-likeness (QED) is 0.430. The smallest absolute Gasteiger partial charge is 0.338 e. The molecule has 1 aliphatic rings. The first-order valence-electron chi connectivity index (χ1n) is 9.56. The van der Waals surface area contributed by atoms with Crippen LogP contribution >= 0.6 is 0 Å². The van der Waals surface area contributed by atoms with Gasteiger partial charge in [-0.15, -0.1) is 0 Å². The lowest BCUT2D eigenvalue weighted by atomic mass is 10.1. The van der Waals surface area contributed by atoms with Crippen molar-refractivity contribution in [3.05, 3.63) is 65.0 Å². The van der Waals surface area contributed by atoms with Crippen LogP contribution in [0.5, 0.6) is 5.75 Å². The van der Waals surface area contributed by atoms with Crippen LogP contribution < -0.4 is 21.1 Å². The van der Waals surface area contributed by atoms with Gasteiger partial charge in [0.05, 0.1) is 29.0 Å². The molecule has 162 valence electrons. The second kappa shape index (κ2) is 8.30. The highest BCUT2D eigenvalue weighted by molar-refractivity contribution is 6.34. The van der Waals surface area contributed by atoms with Crippen molar-refractivity contribution in [3.63, 3.8) is 0 Å². The van der Waals surface area contributed by atoms with Gasteiger partial charge in [-0.3, -0.25) is 9.59 Å². The molecule has 3 aromatic rings. The third kappa shape index (κ3) is 3.90. The number of amides is 2. The lowest BCUT2D eigenvalue weighted by molar-refractivity contribution is 0.0462. The van der Waals surface area contributed by atoms with Gasteiger partial charge >= 0.3 is 5.97 Å². The van der Waals surface area contributed by atoms with Gasteiger partial charge in [-0.25, -0.2) is 9.69 Å². The Balaban J connectivity index is 1.52. The minimum atomic E-state index is -0.731. The van der Waals surface area contributed by atoms with Gasteiger partial charge in [0.15, 0.2) is 12.4 Å². The van der Waals surface area contributed by atoms with Crippen molar-refractivity contribution >= 4 is 35.4 Å². The van der Waals surface area contributed by atoms with Crippen molar-refractivity contribution in [2.24, 2.45) is 0 Å². The van der Waals surface area contributed by atoms with Crippen molar-refractivity contribution < 1.29 is 23.9 Å². The van der Waals surface area contributed by atoms with E-state index in [1.165, 1.54) is 18.2 Å². The van der Waals surface area contributed by atoms with Gasteiger partial charge in [-0.1, -0.05) is 0 Å². The molecule has 2 amide bonds. The molecule has 0 spiro atoms. The van der Waals surface area contributed by atoms with E-state index in [4.69, 9.17) is 20.9 Å². The van der Waals surface area contributed by atoms with Gasteiger partial charge < -0.3 is 20.9 Å². The summed E-state index contributed by atoms with van der Waals surface area (Å²) in [6, 6.07) is 10.7. The third-order valence-corrected chi connectivity index (χ3v) is 4.58. The number of carbonyl (C=O) groups is 3. The number of hydrogen-bond acceptors (Lipinski definition) is 10. The Morgan fingerprint density at radius 1 is 0.938 bits per heavy atom. The fraction of sp³-hybridized carbons (Fsp3) is 0.143. The van der Waals surface area contributed by atoms with Crippen LogP contribution in [-0.2, 0) is 11.3 Å². The molecule has 1 aromatic heterocycles. The number of rotatable bonds is 6. The average molecular weight is 434 g/mol. The number of anilines is 3.